The quantitative estimate of drug-likeness (QED) is 0.806. The minimum atomic E-state index is -0.214. The van der Waals surface area contributed by atoms with E-state index in [4.69, 9.17) is 10.5 Å². The standard InChI is InChI=1S/C11H14FNO.ClH/c12-9-3-1-8(2-4-9)11-7-10(13)5-6-14-11;/h1-4,10-11H,5-7,13H2;1H. The molecule has 1 saturated heterocycles. The first-order chi connectivity index (χ1) is 6.75. The van der Waals surface area contributed by atoms with Crippen LogP contribution in [0.1, 0.15) is 24.5 Å². The Morgan fingerprint density at radius 3 is 2.53 bits per heavy atom. The van der Waals surface area contributed by atoms with Crippen molar-refractivity contribution < 1.29 is 9.13 Å². The Hall–Kier alpha value is -0.640. The van der Waals surface area contributed by atoms with Crippen LogP contribution in [0.2, 0.25) is 0 Å². The summed E-state index contributed by atoms with van der Waals surface area (Å²) in [7, 11) is 0. The number of halogens is 2. The number of rotatable bonds is 1. The van der Waals surface area contributed by atoms with Crippen LogP contribution in [0.25, 0.3) is 0 Å². The lowest BCUT2D eigenvalue weighted by Gasteiger charge is -2.27. The van der Waals surface area contributed by atoms with Gasteiger partial charge in [-0.2, -0.15) is 0 Å². The third-order valence-electron chi connectivity index (χ3n) is 2.57. The summed E-state index contributed by atoms with van der Waals surface area (Å²) in [5.41, 5.74) is 6.85. The second kappa shape index (κ2) is 5.45. The normalized spacial score (nSPS) is 25.7. The topological polar surface area (TPSA) is 35.2 Å². The van der Waals surface area contributed by atoms with Gasteiger partial charge in [-0.05, 0) is 30.5 Å². The summed E-state index contributed by atoms with van der Waals surface area (Å²) in [5.74, 6) is -0.214. The SMILES string of the molecule is Cl.NC1CCOC(c2ccc(F)cc2)C1. The van der Waals surface area contributed by atoms with E-state index < -0.39 is 0 Å². The van der Waals surface area contributed by atoms with Gasteiger partial charge in [-0.3, -0.25) is 0 Å². The van der Waals surface area contributed by atoms with Crippen LogP contribution in [0.3, 0.4) is 0 Å². The fraction of sp³-hybridized carbons (Fsp3) is 0.455. The van der Waals surface area contributed by atoms with Crippen molar-refractivity contribution in [2.75, 3.05) is 6.61 Å². The van der Waals surface area contributed by atoms with Gasteiger partial charge in [-0.15, -0.1) is 12.4 Å². The van der Waals surface area contributed by atoms with Crippen LogP contribution < -0.4 is 5.73 Å². The highest BCUT2D eigenvalue weighted by atomic mass is 35.5. The largest absolute Gasteiger partial charge is 0.373 e. The van der Waals surface area contributed by atoms with E-state index in [2.05, 4.69) is 0 Å². The van der Waals surface area contributed by atoms with Gasteiger partial charge in [0.05, 0.1) is 6.10 Å². The minimum Gasteiger partial charge on any atom is -0.373 e. The predicted octanol–water partition coefficient (Wildman–Crippen LogP) is 2.43. The van der Waals surface area contributed by atoms with Gasteiger partial charge in [0.25, 0.3) is 0 Å². The summed E-state index contributed by atoms with van der Waals surface area (Å²) in [6, 6.07) is 6.65. The van der Waals surface area contributed by atoms with Gasteiger partial charge in [-0.25, -0.2) is 4.39 Å². The highest BCUT2D eigenvalue weighted by Crippen LogP contribution is 2.27. The van der Waals surface area contributed by atoms with Gasteiger partial charge in [0, 0.05) is 12.6 Å². The third kappa shape index (κ3) is 3.16. The van der Waals surface area contributed by atoms with E-state index in [-0.39, 0.29) is 30.4 Å². The molecule has 0 amide bonds. The molecule has 1 aromatic carbocycles. The molecule has 1 aliphatic rings. The summed E-state index contributed by atoms with van der Waals surface area (Å²) in [6.07, 6.45) is 1.78. The Bertz CT molecular complexity index is 304. The van der Waals surface area contributed by atoms with Crippen molar-refractivity contribution in [3.05, 3.63) is 35.6 Å². The zero-order valence-corrected chi connectivity index (χ0v) is 9.17. The third-order valence-corrected chi connectivity index (χ3v) is 2.57. The van der Waals surface area contributed by atoms with Gasteiger partial charge in [0.15, 0.2) is 0 Å². The van der Waals surface area contributed by atoms with Crippen molar-refractivity contribution in [3.8, 4) is 0 Å². The molecule has 2 unspecified atom stereocenters. The molecule has 2 nitrogen and oxygen atoms in total. The first-order valence-electron chi connectivity index (χ1n) is 4.88. The average Bonchev–Trinajstić information content (AvgIpc) is 2.19. The van der Waals surface area contributed by atoms with Crippen LogP contribution in [0.5, 0.6) is 0 Å². The highest BCUT2D eigenvalue weighted by molar-refractivity contribution is 5.85. The number of hydrogen-bond acceptors (Lipinski definition) is 2. The first-order valence-corrected chi connectivity index (χ1v) is 4.88. The molecular weight excluding hydrogens is 217 g/mol. The molecule has 0 radical (unpaired) electrons. The molecule has 1 aliphatic heterocycles. The Morgan fingerprint density at radius 1 is 1.27 bits per heavy atom. The Balaban J connectivity index is 0.00000112. The number of benzene rings is 1. The zero-order chi connectivity index (χ0) is 9.97. The molecule has 84 valence electrons. The lowest BCUT2D eigenvalue weighted by Crippen LogP contribution is -2.30. The van der Waals surface area contributed by atoms with Crippen LogP contribution in [-0.4, -0.2) is 12.6 Å². The lowest BCUT2D eigenvalue weighted by atomic mass is 9.98. The van der Waals surface area contributed by atoms with Crippen molar-refractivity contribution >= 4 is 12.4 Å². The van der Waals surface area contributed by atoms with Gasteiger partial charge in [0.1, 0.15) is 5.82 Å². The fourth-order valence-electron chi connectivity index (χ4n) is 1.73. The molecule has 2 atom stereocenters. The van der Waals surface area contributed by atoms with E-state index in [1.54, 1.807) is 12.1 Å². The van der Waals surface area contributed by atoms with E-state index >= 15 is 0 Å². The van der Waals surface area contributed by atoms with Crippen LogP contribution in [0, 0.1) is 5.82 Å². The molecule has 4 heteroatoms. The molecule has 0 aliphatic carbocycles. The highest BCUT2D eigenvalue weighted by Gasteiger charge is 2.20. The van der Waals surface area contributed by atoms with Crippen LogP contribution in [0.4, 0.5) is 4.39 Å². The molecule has 1 fully saturated rings. The van der Waals surface area contributed by atoms with Crippen molar-refractivity contribution in [1.29, 1.82) is 0 Å². The molecule has 0 bridgehead atoms. The molecule has 2 N–H and O–H groups in total. The van der Waals surface area contributed by atoms with Crippen molar-refractivity contribution in [2.45, 2.75) is 25.0 Å². The smallest absolute Gasteiger partial charge is 0.123 e. The van der Waals surface area contributed by atoms with Crippen molar-refractivity contribution in [1.82, 2.24) is 0 Å². The first kappa shape index (κ1) is 12.4. The summed E-state index contributed by atoms with van der Waals surface area (Å²) in [5, 5.41) is 0. The zero-order valence-electron chi connectivity index (χ0n) is 8.36. The van der Waals surface area contributed by atoms with Gasteiger partial charge >= 0.3 is 0 Å². The van der Waals surface area contributed by atoms with Crippen LogP contribution >= 0.6 is 12.4 Å². The van der Waals surface area contributed by atoms with E-state index in [1.807, 2.05) is 0 Å². The summed E-state index contributed by atoms with van der Waals surface area (Å²) in [4.78, 5) is 0. The van der Waals surface area contributed by atoms with Gasteiger partial charge in [0.2, 0.25) is 0 Å². The Labute approximate surface area is 95.0 Å². The number of nitrogens with two attached hydrogens (primary N) is 1. The van der Waals surface area contributed by atoms with E-state index in [0.717, 1.165) is 18.4 Å². The van der Waals surface area contributed by atoms with Gasteiger partial charge < -0.3 is 10.5 Å². The molecular formula is C11H15ClFNO. The molecule has 0 spiro atoms. The Morgan fingerprint density at radius 2 is 1.93 bits per heavy atom. The monoisotopic (exact) mass is 231 g/mol. The molecule has 1 aromatic rings. The fourth-order valence-corrected chi connectivity index (χ4v) is 1.73. The van der Waals surface area contributed by atoms with Crippen molar-refractivity contribution in [2.24, 2.45) is 5.73 Å². The molecule has 0 saturated carbocycles. The van der Waals surface area contributed by atoms with Gasteiger partial charge in [-0.1, -0.05) is 12.1 Å². The van der Waals surface area contributed by atoms with Crippen LogP contribution in [-0.2, 0) is 4.74 Å². The predicted molar refractivity (Wildman–Crippen MR) is 59.6 cm³/mol. The van der Waals surface area contributed by atoms with E-state index in [0.29, 0.717) is 6.61 Å². The maximum Gasteiger partial charge on any atom is 0.123 e. The lowest BCUT2D eigenvalue weighted by molar-refractivity contribution is 0.00664. The maximum absolute atomic E-state index is 12.7. The second-order valence-corrected chi connectivity index (χ2v) is 3.70. The summed E-state index contributed by atoms with van der Waals surface area (Å²) < 4.78 is 18.2. The van der Waals surface area contributed by atoms with Crippen molar-refractivity contribution in [3.63, 3.8) is 0 Å². The molecule has 2 rings (SSSR count). The maximum atomic E-state index is 12.7. The number of hydrogen-bond donors (Lipinski definition) is 1. The summed E-state index contributed by atoms with van der Waals surface area (Å²) in [6.45, 7) is 0.698. The minimum absolute atomic E-state index is 0. The molecule has 0 aromatic heterocycles. The Kier molecular flexibility index (Phi) is 4.51. The number of ether oxygens (including phenoxy) is 1. The van der Waals surface area contributed by atoms with E-state index in [9.17, 15) is 4.39 Å². The van der Waals surface area contributed by atoms with Crippen LogP contribution in [0.15, 0.2) is 24.3 Å². The average molecular weight is 232 g/mol. The van der Waals surface area contributed by atoms with E-state index in [1.165, 1.54) is 12.1 Å². The summed E-state index contributed by atoms with van der Waals surface area (Å²) >= 11 is 0. The second-order valence-electron chi connectivity index (χ2n) is 3.70. The molecule has 15 heavy (non-hydrogen) atoms. The molecule has 1 heterocycles.